The second-order valence-corrected chi connectivity index (χ2v) is 8.29. The lowest BCUT2D eigenvalue weighted by Crippen LogP contribution is -2.13. The number of carbonyl (C=O) groups is 1. The summed E-state index contributed by atoms with van der Waals surface area (Å²) in [4.78, 5) is 25.2. The number of thioether (sulfide) groups is 1. The quantitative estimate of drug-likeness (QED) is 0.445. The number of aryl methyl sites for hydroxylation is 4. The van der Waals surface area contributed by atoms with Gasteiger partial charge in [-0.2, -0.15) is 0 Å². The van der Waals surface area contributed by atoms with E-state index in [9.17, 15) is 4.79 Å². The van der Waals surface area contributed by atoms with Gasteiger partial charge in [0.05, 0.1) is 22.5 Å². The van der Waals surface area contributed by atoms with Gasteiger partial charge < -0.3 is 14.7 Å². The second-order valence-electron chi connectivity index (χ2n) is 6.16. The van der Waals surface area contributed by atoms with E-state index in [4.69, 9.17) is 4.42 Å². The fourth-order valence-electron chi connectivity index (χ4n) is 2.56. The molecule has 1 amide bonds. The van der Waals surface area contributed by atoms with Crippen molar-refractivity contribution in [2.75, 3.05) is 11.1 Å². The zero-order chi connectivity index (χ0) is 19.5. The number of H-pyrrole nitrogens is 1. The minimum atomic E-state index is -0.152. The molecule has 0 aliphatic rings. The summed E-state index contributed by atoms with van der Waals surface area (Å²) in [6, 6.07) is 7.89. The summed E-state index contributed by atoms with van der Waals surface area (Å²) in [5.41, 5.74) is 2.88. The molecule has 0 saturated carbocycles. The lowest BCUT2D eigenvalue weighted by Gasteiger charge is -1.98. The molecule has 2 N–H and O–H groups in total. The number of aromatic amines is 1. The van der Waals surface area contributed by atoms with Crippen LogP contribution in [0.5, 0.6) is 0 Å². The first-order valence-corrected chi connectivity index (χ1v) is 10.5. The Balaban J connectivity index is 1.27. The second kappa shape index (κ2) is 8.11. The number of para-hydroxylation sites is 2. The Morgan fingerprint density at radius 2 is 2.07 bits per heavy atom. The van der Waals surface area contributed by atoms with E-state index in [1.54, 1.807) is 0 Å². The van der Waals surface area contributed by atoms with Gasteiger partial charge in [-0.3, -0.25) is 4.79 Å². The summed E-state index contributed by atoms with van der Waals surface area (Å²) < 4.78 is 5.61. The van der Waals surface area contributed by atoms with Crippen LogP contribution in [-0.4, -0.2) is 36.8 Å². The van der Waals surface area contributed by atoms with Crippen LogP contribution in [0.1, 0.15) is 22.3 Å². The van der Waals surface area contributed by atoms with Crippen molar-refractivity contribution in [1.29, 1.82) is 0 Å². The molecule has 28 heavy (non-hydrogen) atoms. The molecule has 10 heteroatoms. The van der Waals surface area contributed by atoms with Crippen LogP contribution in [0.3, 0.4) is 0 Å². The molecule has 0 unspecified atom stereocenters. The van der Waals surface area contributed by atoms with E-state index in [1.165, 1.54) is 23.1 Å². The van der Waals surface area contributed by atoms with Gasteiger partial charge >= 0.3 is 0 Å². The van der Waals surface area contributed by atoms with Gasteiger partial charge in [-0.05, 0) is 26.0 Å². The summed E-state index contributed by atoms with van der Waals surface area (Å²) in [5, 5.41) is 11.8. The topological polar surface area (TPSA) is 110 Å². The number of nitrogens with one attached hydrogen (secondary N) is 2. The zero-order valence-electron chi connectivity index (χ0n) is 15.4. The standard InChI is InChI=1S/C18H18N6O2S2/c1-10-11(2)28-17(19-10)22-15(25)9-27-18-24-23-16(26-18)8-7-14-20-12-5-3-4-6-13(12)21-14/h3-6H,7-9H2,1-2H3,(H,20,21)(H,19,22,25). The fourth-order valence-corrected chi connectivity index (χ4v) is 3.97. The average molecular weight is 415 g/mol. The maximum atomic E-state index is 12.0. The van der Waals surface area contributed by atoms with Crippen LogP contribution in [0.4, 0.5) is 5.13 Å². The molecule has 3 aromatic heterocycles. The number of thiazole rings is 1. The van der Waals surface area contributed by atoms with Gasteiger partial charge in [0, 0.05) is 17.7 Å². The van der Waals surface area contributed by atoms with Crippen molar-refractivity contribution in [2.24, 2.45) is 0 Å². The van der Waals surface area contributed by atoms with Gasteiger partial charge in [-0.1, -0.05) is 23.9 Å². The first-order valence-electron chi connectivity index (χ1n) is 8.69. The highest BCUT2D eigenvalue weighted by atomic mass is 32.2. The summed E-state index contributed by atoms with van der Waals surface area (Å²) >= 11 is 2.67. The highest BCUT2D eigenvalue weighted by Crippen LogP contribution is 2.22. The highest BCUT2D eigenvalue weighted by Gasteiger charge is 2.12. The monoisotopic (exact) mass is 414 g/mol. The van der Waals surface area contributed by atoms with Crippen LogP contribution in [0.15, 0.2) is 33.9 Å². The van der Waals surface area contributed by atoms with Crippen molar-refractivity contribution in [1.82, 2.24) is 25.1 Å². The van der Waals surface area contributed by atoms with Crippen LogP contribution >= 0.6 is 23.1 Å². The van der Waals surface area contributed by atoms with Crippen LogP contribution in [0.2, 0.25) is 0 Å². The number of carbonyl (C=O) groups excluding carboxylic acids is 1. The molecule has 144 valence electrons. The molecule has 0 atom stereocenters. The van der Waals surface area contributed by atoms with E-state index in [2.05, 4.69) is 30.5 Å². The van der Waals surface area contributed by atoms with Crippen LogP contribution in [0, 0.1) is 13.8 Å². The Labute approximate surface area is 169 Å². The number of amides is 1. The van der Waals surface area contributed by atoms with Gasteiger partial charge in [0.1, 0.15) is 5.82 Å². The molecule has 0 saturated heterocycles. The predicted octanol–water partition coefficient (Wildman–Crippen LogP) is 3.54. The van der Waals surface area contributed by atoms with Crippen molar-refractivity contribution in [2.45, 2.75) is 31.9 Å². The van der Waals surface area contributed by atoms with E-state index in [0.29, 0.717) is 29.1 Å². The maximum Gasteiger partial charge on any atom is 0.277 e. The lowest BCUT2D eigenvalue weighted by atomic mass is 10.3. The van der Waals surface area contributed by atoms with Gasteiger partial charge in [-0.25, -0.2) is 9.97 Å². The highest BCUT2D eigenvalue weighted by molar-refractivity contribution is 7.99. The zero-order valence-corrected chi connectivity index (χ0v) is 17.0. The molecule has 8 nitrogen and oxygen atoms in total. The number of hydrogen-bond donors (Lipinski definition) is 2. The number of rotatable bonds is 7. The number of hydrogen-bond acceptors (Lipinski definition) is 8. The number of fused-ring (bicyclic) bond motifs is 1. The largest absolute Gasteiger partial charge is 0.416 e. The van der Waals surface area contributed by atoms with Gasteiger partial charge in [-0.15, -0.1) is 21.5 Å². The molecule has 3 heterocycles. The Bertz CT molecular complexity index is 1060. The smallest absolute Gasteiger partial charge is 0.277 e. The normalized spacial score (nSPS) is 11.2. The Morgan fingerprint density at radius 1 is 1.21 bits per heavy atom. The Morgan fingerprint density at radius 3 is 2.86 bits per heavy atom. The molecule has 0 spiro atoms. The van der Waals surface area contributed by atoms with Gasteiger partial charge in [0.25, 0.3) is 5.22 Å². The van der Waals surface area contributed by atoms with E-state index < -0.39 is 0 Å². The van der Waals surface area contributed by atoms with Crippen molar-refractivity contribution in [3.05, 3.63) is 46.6 Å². The molecular weight excluding hydrogens is 396 g/mol. The van der Waals surface area contributed by atoms with Gasteiger partial charge in [0.2, 0.25) is 11.8 Å². The van der Waals surface area contributed by atoms with Crippen molar-refractivity contribution in [3.8, 4) is 0 Å². The van der Waals surface area contributed by atoms with Crippen LogP contribution in [-0.2, 0) is 17.6 Å². The first-order chi connectivity index (χ1) is 13.6. The number of anilines is 1. The Kier molecular flexibility index (Phi) is 5.40. The number of imidazole rings is 1. The third-order valence-corrected chi connectivity index (χ3v) is 5.87. The predicted molar refractivity (Wildman–Crippen MR) is 109 cm³/mol. The summed E-state index contributed by atoms with van der Waals surface area (Å²) in [6.45, 7) is 3.89. The van der Waals surface area contributed by atoms with E-state index >= 15 is 0 Å². The number of benzene rings is 1. The summed E-state index contributed by atoms with van der Waals surface area (Å²) in [5.74, 6) is 1.43. The van der Waals surface area contributed by atoms with Crippen molar-refractivity contribution >= 4 is 45.2 Å². The SMILES string of the molecule is Cc1nc(NC(=O)CSc2nnc(CCc3nc4ccccc4[nH]3)o2)sc1C. The molecule has 0 fully saturated rings. The molecule has 4 rings (SSSR count). The summed E-state index contributed by atoms with van der Waals surface area (Å²) in [7, 11) is 0. The number of nitrogens with zero attached hydrogens (tertiary/aromatic N) is 4. The molecule has 4 aromatic rings. The molecule has 0 aliphatic carbocycles. The van der Waals surface area contributed by atoms with Crippen molar-refractivity contribution < 1.29 is 9.21 Å². The van der Waals surface area contributed by atoms with Crippen LogP contribution in [0.25, 0.3) is 11.0 Å². The third kappa shape index (κ3) is 4.39. The van der Waals surface area contributed by atoms with E-state index in [1.807, 2.05) is 38.1 Å². The Hall–Kier alpha value is -2.72. The van der Waals surface area contributed by atoms with Gasteiger partial charge in [0.15, 0.2) is 5.13 Å². The molecule has 0 radical (unpaired) electrons. The minimum absolute atomic E-state index is 0.152. The maximum absolute atomic E-state index is 12.0. The van der Waals surface area contributed by atoms with Crippen molar-refractivity contribution in [3.63, 3.8) is 0 Å². The molecule has 0 aliphatic heterocycles. The third-order valence-electron chi connectivity index (χ3n) is 4.06. The molecule has 0 bridgehead atoms. The van der Waals surface area contributed by atoms with E-state index in [-0.39, 0.29) is 11.7 Å². The minimum Gasteiger partial charge on any atom is -0.416 e. The lowest BCUT2D eigenvalue weighted by molar-refractivity contribution is -0.113. The summed E-state index contributed by atoms with van der Waals surface area (Å²) in [6.07, 6.45) is 1.25. The molecule has 1 aromatic carbocycles. The first kappa shape index (κ1) is 18.6. The average Bonchev–Trinajstić information content (AvgIpc) is 3.37. The molecular formula is C18H18N6O2S2. The van der Waals surface area contributed by atoms with Crippen LogP contribution < -0.4 is 5.32 Å². The fraction of sp³-hybridized carbons (Fsp3) is 0.278. The number of aromatic nitrogens is 5. The van der Waals surface area contributed by atoms with E-state index in [0.717, 1.165) is 27.4 Å².